The van der Waals surface area contributed by atoms with E-state index < -0.39 is 0 Å². The van der Waals surface area contributed by atoms with Gasteiger partial charge in [0, 0.05) is 38.2 Å². The zero-order valence-electron chi connectivity index (χ0n) is 14.8. The fourth-order valence-corrected chi connectivity index (χ4v) is 2.10. The molecule has 0 saturated heterocycles. The zero-order chi connectivity index (χ0) is 17.2. The van der Waals surface area contributed by atoms with E-state index in [1.807, 2.05) is 32.0 Å². The Balaban J connectivity index is 2.20. The fraction of sp³-hybridized carbons (Fsp3) is 0.579. The van der Waals surface area contributed by atoms with E-state index in [4.69, 9.17) is 4.74 Å². The van der Waals surface area contributed by atoms with Crippen LogP contribution < -0.4 is 5.32 Å². The lowest BCUT2D eigenvalue weighted by atomic mass is 10.0. The third-order valence-corrected chi connectivity index (χ3v) is 3.65. The summed E-state index contributed by atoms with van der Waals surface area (Å²) >= 11 is 0. The first-order chi connectivity index (χ1) is 10.9. The van der Waals surface area contributed by atoms with Crippen LogP contribution in [0.5, 0.6) is 0 Å². The summed E-state index contributed by atoms with van der Waals surface area (Å²) in [6.45, 7) is 10.2. The highest BCUT2D eigenvalue weighted by Crippen LogP contribution is 2.12. The number of hydrogen-bond donors (Lipinski definition) is 1. The number of hydrogen-bond acceptors (Lipinski definition) is 3. The third kappa shape index (κ3) is 7.93. The number of benzene rings is 1. The molecule has 4 heteroatoms. The van der Waals surface area contributed by atoms with Crippen LogP contribution in [0, 0.1) is 19.8 Å². The van der Waals surface area contributed by atoms with Crippen molar-refractivity contribution in [1.82, 2.24) is 5.32 Å². The van der Waals surface area contributed by atoms with Crippen LogP contribution >= 0.6 is 0 Å². The van der Waals surface area contributed by atoms with Crippen LogP contribution in [0.1, 0.15) is 54.6 Å². The number of ketones is 1. The molecule has 0 atom stereocenters. The molecule has 128 valence electrons. The molecule has 4 nitrogen and oxygen atoms in total. The van der Waals surface area contributed by atoms with Crippen LogP contribution in [0.2, 0.25) is 0 Å². The van der Waals surface area contributed by atoms with Gasteiger partial charge in [-0.05, 0) is 43.4 Å². The summed E-state index contributed by atoms with van der Waals surface area (Å²) < 4.78 is 5.45. The second-order valence-electron chi connectivity index (χ2n) is 6.39. The van der Waals surface area contributed by atoms with E-state index in [-0.39, 0.29) is 24.5 Å². The van der Waals surface area contributed by atoms with Crippen molar-refractivity contribution in [2.45, 2.75) is 47.0 Å². The minimum Gasteiger partial charge on any atom is -0.381 e. The largest absolute Gasteiger partial charge is 0.381 e. The number of amides is 1. The molecule has 1 amide bonds. The smallest absolute Gasteiger partial charge is 0.220 e. The number of carbonyl (C=O) groups is 2. The quantitative estimate of drug-likeness (QED) is 0.531. The monoisotopic (exact) mass is 319 g/mol. The van der Waals surface area contributed by atoms with Crippen molar-refractivity contribution in [2.24, 2.45) is 5.92 Å². The van der Waals surface area contributed by atoms with Crippen LogP contribution in [-0.2, 0) is 9.53 Å². The Kier molecular flexibility index (Phi) is 8.56. The zero-order valence-corrected chi connectivity index (χ0v) is 14.8. The first kappa shape index (κ1) is 19.4. The van der Waals surface area contributed by atoms with Gasteiger partial charge in [-0.15, -0.1) is 0 Å². The molecule has 0 aliphatic carbocycles. The predicted octanol–water partition coefficient (Wildman–Crippen LogP) is 3.45. The number of ether oxygens (including phenoxy) is 1. The average molecular weight is 319 g/mol. The molecular formula is C19H29NO3. The Hall–Kier alpha value is -1.68. The van der Waals surface area contributed by atoms with Gasteiger partial charge in [0.2, 0.25) is 5.91 Å². The Morgan fingerprint density at radius 1 is 1.13 bits per heavy atom. The molecule has 0 bridgehead atoms. The number of nitrogens with one attached hydrogen (secondary N) is 1. The van der Waals surface area contributed by atoms with E-state index >= 15 is 0 Å². The molecule has 1 aromatic carbocycles. The van der Waals surface area contributed by atoms with Crippen LogP contribution in [0.15, 0.2) is 18.2 Å². The molecule has 23 heavy (non-hydrogen) atoms. The standard InChI is InChI=1S/C19H29NO3/c1-14(2)13-23-11-5-10-20-19(22)9-8-18(21)17-7-6-15(3)16(4)12-17/h6-7,12,14H,5,8-11,13H2,1-4H3,(H,20,22). The van der Waals surface area contributed by atoms with Crippen LogP contribution in [-0.4, -0.2) is 31.4 Å². The maximum Gasteiger partial charge on any atom is 0.220 e. The lowest BCUT2D eigenvalue weighted by molar-refractivity contribution is -0.121. The molecule has 0 aromatic heterocycles. The topological polar surface area (TPSA) is 55.4 Å². The van der Waals surface area contributed by atoms with Crippen molar-refractivity contribution in [3.63, 3.8) is 0 Å². The average Bonchev–Trinajstić information content (AvgIpc) is 2.50. The van der Waals surface area contributed by atoms with Gasteiger partial charge in [0.15, 0.2) is 5.78 Å². The summed E-state index contributed by atoms with van der Waals surface area (Å²) in [6.07, 6.45) is 1.28. The summed E-state index contributed by atoms with van der Waals surface area (Å²) in [5.41, 5.74) is 2.95. The summed E-state index contributed by atoms with van der Waals surface area (Å²) in [5.74, 6) is 0.468. The molecular weight excluding hydrogens is 290 g/mol. The summed E-state index contributed by atoms with van der Waals surface area (Å²) in [5, 5.41) is 2.83. The highest BCUT2D eigenvalue weighted by molar-refractivity contribution is 5.98. The first-order valence-electron chi connectivity index (χ1n) is 8.35. The van der Waals surface area contributed by atoms with Crippen molar-refractivity contribution in [1.29, 1.82) is 0 Å². The Morgan fingerprint density at radius 3 is 2.52 bits per heavy atom. The Bertz CT molecular complexity index is 523. The van der Waals surface area contributed by atoms with Crippen LogP contribution in [0.4, 0.5) is 0 Å². The molecule has 1 rings (SSSR count). The predicted molar refractivity (Wildman–Crippen MR) is 92.8 cm³/mol. The van der Waals surface area contributed by atoms with Gasteiger partial charge >= 0.3 is 0 Å². The fourth-order valence-electron chi connectivity index (χ4n) is 2.10. The third-order valence-electron chi connectivity index (χ3n) is 3.65. The van der Waals surface area contributed by atoms with Crippen LogP contribution in [0.25, 0.3) is 0 Å². The van der Waals surface area contributed by atoms with Gasteiger partial charge in [0.1, 0.15) is 0 Å². The van der Waals surface area contributed by atoms with E-state index in [9.17, 15) is 9.59 Å². The maximum atomic E-state index is 12.1. The molecule has 0 fully saturated rings. The second-order valence-corrected chi connectivity index (χ2v) is 6.39. The lowest BCUT2D eigenvalue weighted by Crippen LogP contribution is -2.25. The van der Waals surface area contributed by atoms with Crippen LogP contribution in [0.3, 0.4) is 0 Å². The molecule has 0 aliphatic heterocycles. The minimum atomic E-state index is -0.0777. The van der Waals surface area contributed by atoms with Gasteiger partial charge < -0.3 is 10.1 Å². The van der Waals surface area contributed by atoms with Gasteiger partial charge in [-0.3, -0.25) is 9.59 Å². The number of Topliss-reactive ketones (excluding diaryl/α,β-unsaturated/α-hetero) is 1. The molecule has 1 aromatic rings. The number of rotatable bonds is 10. The molecule has 1 N–H and O–H groups in total. The first-order valence-corrected chi connectivity index (χ1v) is 8.35. The van der Waals surface area contributed by atoms with Crippen molar-refractivity contribution in [3.8, 4) is 0 Å². The summed E-state index contributed by atoms with van der Waals surface area (Å²) in [6, 6.07) is 5.66. The normalized spacial score (nSPS) is 10.8. The van der Waals surface area contributed by atoms with Crippen molar-refractivity contribution in [2.75, 3.05) is 19.8 Å². The summed E-state index contributed by atoms with van der Waals surface area (Å²) in [4.78, 5) is 23.8. The SMILES string of the molecule is Cc1ccc(C(=O)CCC(=O)NCCCOCC(C)C)cc1C. The highest BCUT2D eigenvalue weighted by Gasteiger charge is 2.10. The van der Waals surface area contributed by atoms with Crippen molar-refractivity contribution < 1.29 is 14.3 Å². The van der Waals surface area contributed by atoms with Gasteiger partial charge in [-0.25, -0.2) is 0 Å². The van der Waals surface area contributed by atoms with Gasteiger partial charge in [0.05, 0.1) is 0 Å². The molecule has 0 spiro atoms. The van der Waals surface area contributed by atoms with E-state index in [0.717, 1.165) is 18.6 Å². The molecule has 0 aliphatic rings. The van der Waals surface area contributed by atoms with E-state index in [2.05, 4.69) is 19.2 Å². The highest BCUT2D eigenvalue weighted by atomic mass is 16.5. The van der Waals surface area contributed by atoms with Crippen molar-refractivity contribution >= 4 is 11.7 Å². The Morgan fingerprint density at radius 2 is 1.87 bits per heavy atom. The van der Waals surface area contributed by atoms with Crippen molar-refractivity contribution in [3.05, 3.63) is 34.9 Å². The van der Waals surface area contributed by atoms with Gasteiger partial charge in [0.25, 0.3) is 0 Å². The van der Waals surface area contributed by atoms with E-state index in [0.29, 0.717) is 24.6 Å². The number of carbonyl (C=O) groups excluding carboxylic acids is 2. The molecule has 0 saturated carbocycles. The maximum absolute atomic E-state index is 12.1. The molecule has 0 radical (unpaired) electrons. The van der Waals surface area contributed by atoms with E-state index in [1.54, 1.807) is 0 Å². The van der Waals surface area contributed by atoms with E-state index in [1.165, 1.54) is 5.56 Å². The Labute approximate surface area is 139 Å². The second kappa shape index (κ2) is 10.2. The molecule has 0 unspecified atom stereocenters. The molecule has 0 heterocycles. The summed E-state index contributed by atoms with van der Waals surface area (Å²) in [7, 11) is 0. The van der Waals surface area contributed by atoms with Gasteiger partial charge in [-0.1, -0.05) is 26.0 Å². The number of aryl methyl sites for hydroxylation is 2. The van der Waals surface area contributed by atoms with Gasteiger partial charge in [-0.2, -0.15) is 0 Å². The lowest BCUT2D eigenvalue weighted by Gasteiger charge is -2.08. The minimum absolute atomic E-state index is 0.0171.